The Morgan fingerprint density at radius 3 is 2.50 bits per heavy atom. The van der Waals surface area contributed by atoms with Crippen LogP contribution in [0.4, 0.5) is 16.3 Å². The summed E-state index contributed by atoms with van der Waals surface area (Å²) in [5.74, 6) is 1.29. The summed E-state index contributed by atoms with van der Waals surface area (Å²) >= 11 is 0. The highest BCUT2D eigenvalue weighted by atomic mass is 32.2. The highest BCUT2D eigenvalue weighted by molar-refractivity contribution is 7.93. The fraction of sp³-hybridized carbons (Fsp3) is 0.519. The van der Waals surface area contributed by atoms with Crippen LogP contribution < -0.4 is 15.5 Å². The lowest BCUT2D eigenvalue weighted by atomic mass is 9.81. The molecule has 2 aromatic rings. The van der Waals surface area contributed by atoms with E-state index in [1.165, 1.54) is 0 Å². The molecule has 3 N–H and O–H groups in total. The standard InChI is InChI=1S/C27H35N5O5S/c1-2-22(19-4-5-19)38(35,36)27(10-3-11-27)23-18-24(32-13-16-37-17-14-32)31-25(30-23)20-6-8-21(9-7-20)29-26(34)28-12-15-33/h2,6-9,18-19,22,33H,1,3-5,10-17H2,(H2,28,29,34). The zero-order valence-corrected chi connectivity index (χ0v) is 22.3. The molecule has 1 aromatic heterocycles. The Hall–Kier alpha value is -3.02. The molecule has 5 rings (SSSR count). The number of nitrogens with zero attached hydrogens (tertiary/aromatic N) is 3. The number of rotatable bonds is 10. The van der Waals surface area contributed by atoms with Gasteiger partial charge >= 0.3 is 6.03 Å². The van der Waals surface area contributed by atoms with E-state index in [4.69, 9.17) is 19.8 Å². The van der Waals surface area contributed by atoms with Crippen LogP contribution in [0.15, 0.2) is 43.0 Å². The molecule has 1 aliphatic heterocycles. The van der Waals surface area contributed by atoms with E-state index >= 15 is 0 Å². The van der Waals surface area contributed by atoms with Gasteiger partial charge in [-0.25, -0.2) is 23.2 Å². The average molecular weight is 542 g/mol. The summed E-state index contributed by atoms with van der Waals surface area (Å²) in [6.45, 7) is 6.38. The second-order valence-corrected chi connectivity index (χ2v) is 12.6. The number of nitrogens with one attached hydrogen (secondary N) is 2. The van der Waals surface area contributed by atoms with Crippen molar-refractivity contribution in [2.75, 3.05) is 49.7 Å². The average Bonchev–Trinajstić information content (AvgIpc) is 3.73. The van der Waals surface area contributed by atoms with Crippen molar-refractivity contribution < 1.29 is 23.1 Å². The van der Waals surface area contributed by atoms with E-state index in [1.807, 2.05) is 18.2 Å². The van der Waals surface area contributed by atoms with Crippen LogP contribution in [0.25, 0.3) is 11.4 Å². The second kappa shape index (κ2) is 11.0. The van der Waals surface area contributed by atoms with Gasteiger partial charge in [-0.2, -0.15) is 0 Å². The van der Waals surface area contributed by atoms with Crippen molar-refractivity contribution in [1.82, 2.24) is 15.3 Å². The molecule has 1 unspecified atom stereocenters. The van der Waals surface area contributed by atoms with Crippen LogP contribution in [-0.4, -0.2) is 74.2 Å². The second-order valence-electron chi connectivity index (χ2n) is 10.1. The molecule has 3 aliphatic rings. The van der Waals surface area contributed by atoms with Crippen molar-refractivity contribution in [3.63, 3.8) is 0 Å². The van der Waals surface area contributed by atoms with E-state index in [0.29, 0.717) is 62.2 Å². The molecular formula is C27H35N5O5S. The number of amides is 2. The molecule has 1 atom stereocenters. The van der Waals surface area contributed by atoms with Crippen LogP contribution in [0.5, 0.6) is 0 Å². The first-order valence-corrected chi connectivity index (χ1v) is 14.8. The molecule has 2 aliphatic carbocycles. The molecule has 0 spiro atoms. The van der Waals surface area contributed by atoms with Crippen molar-refractivity contribution >= 4 is 27.4 Å². The van der Waals surface area contributed by atoms with Crippen molar-refractivity contribution in [2.24, 2.45) is 5.92 Å². The molecule has 1 aromatic carbocycles. The van der Waals surface area contributed by atoms with E-state index < -0.39 is 25.9 Å². The van der Waals surface area contributed by atoms with E-state index in [1.54, 1.807) is 18.2 Å². The van der Waals surface area contributed by atoms with Gasteiger partial charge in [0.1, 0.15) is 10.6 Å². The smallest absolute Gasteiger partial charge is 0.319 e. The van der Waals surface area contributed by atoms with Gasteiger partial charge in [0.2, 0.25) is 0 Å². The number of aliphatic hydroxyl groups is 1. The first kappa shape index (κ1) is 26.6. The fourth-order valence-corrected chi connectivity index (χ4v) is 8.05. The van der Waals surface area contributed by atoms with Gasteiger partial charge in [0.25, 0.3) is 0 Å². The Morgan fingerprint density at radius 1 is 1.21 bits per heavy atom. The highest BCUT2D eigenvalue weighted by Crippen LogP contribution is 2.53. The van der Waals surface area contributed by atoms with Gasteiger partial charge < -0.3 is 25.4 Å². The van der Waals surface area contributed by atoms with Crippen molar-refractivity contribution in [1.29, 1.82) is 0 Å². The molecule has 204 valence electrons. The maximum absolute atomic E-state index is 14.1. The Bertz CT molecular complexity index is 1270. The minimum Gasteiger partial charge on any atom is -0.395 e. The Kier molecular flexibility index (Phi) is 7.69. The number of ether oxygens (including phenoxy) is 1. The number of urea groups is 1. The van der Waals surface area contributed by atoms with Gasteiger partial charge in [-0.15, -0.1) is 6.58 Å². The number of carbonyl (C=O) groups excluding carboxylic acids is 1. The summed E-state index contributed by atoms with van der Waals surface area (Å²) in [6, 6.07) is 8.55. The summed E-state index contributed by atoms with van der Waals surface area (Å²) in [7, 11) is -3.56. The van der Waals surface area contributed by atoms with E-state index in [9.17, 15) is 13.2 Å². The summed E-state index contributed by atoms with van der Waals surface area (Å²) in [4.78, 5) is 23.8. The number of aromatic nitrogens is 2. The number of benzene rings is 1. The quantitative estimate of drug-likeness (QED) is 0.391. The Morgan fingerprint density at radius 2 is 1.92 bits per heavy atom. The van der Waals surface area contributed by atoms with Gasteiger partial charge in [0.05, 0.1) is 30.8 Å². The third-order valence-corrected chi connectivity index (χ3v) is 10.7. The molecule has 11 heteroatoms. The van der Waals surface area contributed by atoms with Crippen LogP contribution in [-0.2, 0) is 19.3 Å². The molecule has 3 fully saturated rings. The fourth-order valence-electron chi connectivity index (χ4n) is 5.24. The Balaban J connectivity index is 1.52. The number of aliphatic hydroxyl groups excluding tert-OH is 1. The number of anilines is 2. The van der Waals surface area contributed by atoms with Crippen LogP contribution in [0.1, 0.15) is 37.8 Å². The zero-order valence-electron chi connectivity index (χ0n) is 21.4. The predicted molar refractivity (Wildman–Crippen MR) is 146 cm³/mol. The number of hydrogen-bond donors (Lipinski definition) is 3. The number of carbonyl (C=O) groups is 1. The van der Waals surface area contributed by atoms with Gasteiger partial charge in [0, 0.05) is 37.0 Å². The topological polar surface area (TPSA) is 134 Å². The molecule has 1 saturated heterocycles. The molecular weight excluding hydrogens is 506 g/mol. The zero-order chi connectivity index (χ0) is 26.8. The molecule has 0 radical (unpaired) electrons. The lowest BCUT2D eigenvalue weighted by molar-refractivity contribution is 0.122. The van der Waals surface area contributed by atoms with Gasteiger partial charge in [-0.1, -0.05) is 6.08 Å². The third kappa shape index (κ3) is 5.14. The lowest BCUT2D eigenvalue weighted by Crippen LogP contribution is -2.48. The molecule has 10 nitrogen and oxygen atoms in total. The summed E-state index contributed by atoms with van der Waals surface area (Å²) < 4.78 is 32.6. The van der Waals surface area contributed by atoms with Crippen molar-refractivity contribution in [3.05, 3.63) is 48.7 Å². The first-order chi connectivity index (χ1) is 18.4. The van der Waals surface area contributed by atoms with Crippen molar-refractivity contribution in [2.45, 2.75) is 42.1 Å². The molecule has 2 saturated carbocycles. The minimum atomic E-state index is -3.56. The number of morpholine rings is 1. The van der Waals surface area contributed by atoms with Crippen LogP contribution >= 0.6 is 0 Å². The Labute approximate surface area is 223 Å². The van der Waals surface area contributed by atoms with E-state index in [0.717, 1.165) is 24.8 Å². The lowest BCUT2D eigenvalue weighted by Gasteiger charge is -2.43. The highest BCUT2D eigenvalue weighted by Gasteiger charge is 2.56. The maximum Gasteiger partial charge on any atom is 0.319 e. The molecule has 2 amide bonds. The monoisotopic (exact) mass is 541 g/mol. The van der Waals surface area contributed by atoms with Gasteiger partial charge in [-0.05, 0) is 62.3 Å². The first-order valence-electron chi connectivity index (χ1n) is 13.2. The van der Waals surface area contributed by atoms with Crippen LogP contribution in [0.2, 0.25) is 0 Å². The molecule has 38 heavy (non-hydrogen) atoms. The summed E-state index contributed by atoms with van der Waals surface area (Å²) in [6.07, 6.45) is 5.35. The van der Waals surface area contributed by atoms with E-state index in [-0.39, 0.29) is 19.1 Å². The predicted octanol–water partition coefficient (Wildman–Crippen LogP) is 2.85. The van der Waals surface area contributed by atoms with Gasteiger partial charge in [0.15, 0.2) is 15.7 Å². The van der Waals surface area contributed by atoms with Crippen molar-refractivity contribution in [3.8, 4) is 11.4 Å². The van der Waals surface area contributed by atoms with Gasteiger partial charge in [-0.3, -0.25) is 0 Å². The van der Waals surface area contributed by atoms with E-state index in [2.05, 4.69) is 22.1 Å². The van der Waals surface area contributed by atoms with Crippen LogP contribution in [0, 0.1) is 5.92 Å². The molecule has 2 heterocycles. The number of sulfone groups is 1. The van der Waals surface area contributed by atoms with Crippen LogP contribution in [0.3, 0.4) is 0 Å². The molecule has 0 bridgehead atoms. The summed E-state index contributed by atoms with van der Waals surface area (Å²) in [5.41, 5.74) is 1.84. The largest absolute Gasteiger partial charge is 0.395 e. The minimum absolute atomic E-state index is 0.142. The SMILES string of the molecule is C=CC(C1CC1)S(=O)(=O)C1(c2cc(N3CCOCC3)nc(-c3ccc(NC(=O)NCCO)cc3)n2)CCC1. The maximum atomic E-state index is 14.1. The third-order valence-electron chi connectivity index (χ3n) is 7.70. The summed E-state index contributed by atoms with van der Waals surface area (Å²) in [5, 5.41) is 13.6. The normalized spacial score (nSPS) is 19.8. The number of hydrogen-bond acceptors (Lipinski definition) is 8.